The van der Waals surface area contributed by atoms with Gasteiger partial charge in [-0.3, -0.25) is 10.1 Å². The summed E-state index contributed by atoms with van der Waals surface area (Å²) in [5.41, 5.74) is -1.34. The SMILES string of the molecule is O=C(Nc1cccc(C(F)(F)F)c1)Nc1ccc(=O)[nH]n1. The fourth-order valence-electron chi connectivity index (χ4n) is 1.47. The number of urea groups is 1. The molecule has 0 aliphatic carbocycles. The second-order valence-corrected chi connectivity index (χ2v) is 3.96. The van der Waals surface area contributed by atoms with Crippen molar-refractivity contribution in [3.8, 4) is 0 Å². The molecular formula is C12H9F3N4O2. The Bertz CT molecular complexity index is 692. The summed E-state index contributed by atoms with van der Waals surface area (Å²) in [7, 11) is 0. The van der Waals surface area contributed by atoms with Crippen LogP contribution in [0.3, 0.4) is 0 Å². The third-order valence-corrected chi connectivity index (χ3v) is 2.37. The van der Waals surface area contributed by atoms with Crippen LogP contribution < -0.4 is 16.2 Å². The van der Waals surface area contributed by atoms with Gasteiger partial charge in [0.15, 0.2) is 5.82 Å². The lowest BCUT2D eigenvalue weighted by molar-refractivity contribution is -0.137. The summed E-state index contributed by atoms with van der Waals surface area (Å²) in [4.78, 5) is 22.4. The number of amides is 2. The van der Waals surface area contributed by atoms with Crippen LogP contribution in [0.4, 0.5) is 29.5 Å². The number of H-pyrrole nitrogens is 1. The number of hydrogen-bond donors (Lipinski definition) is 3. The Hall–Kier alpha value is -2.84. The number of halogens is 3. The van der Waals surface area contributed by atoms with Crippen molar-refractivity contribution in [2.75, 3.05) is 10.6 Å². The minimum atomic E-state index is -4.49. The number of carbonyl (C=O) groups is 1. The van der Waals surface area contributed by atoms with E-state index in [1.165, 1.54) is 18.2 Å². The van der Waals surface area contributed by atoms with E-state index in [2.05, 4.69) is 20.8 Å². The number of benzene rings is 1. The van der Waals surface area contributed by atoms with Crippen LogP contribution in [0.15, 0.2) is 41.2 Å². The molecule has 0 saturated carbocycles. The van der Waals surface area contributed by atoms with E-state index < -0.39 is 23.3 Å². The molecule has 0 aliphatic rings. The van der Waals surface area contributed by atoms with Crippen molar-refractivity contribution in [1.82, 2.24) is 10.2 Å². The van der Waals surface area contributed by atoms with E-state index in [1.54, 1.807) is 0 Å². The average Bonchev–Trinajstić information content (AvgIpc) is 2.41. The number of rotatable bonds is 2. The number of nitrogens with one attached hydrogen (secondary N) is 3. The molecule has 0 spiro atoms. The molecule has 1 heterocycles. The first-order chi connectivity index (χ1) is 9.84. The minimum absolute atomic E-state index is 0.0215. The summed E-state index contributed by atoms with van der Waals surface area (Å²) in [5, 5.41) is 10.1. The van der Waals surface area contributed by atoms with Crippen LogP contribution in [-0.2, 0) is 6.18 Å². The Morgan fingerprint density at radius 1 is 1.14 bits per heavy atom. The first kappa shape index (κ1) is 14.6. The van der Waals surface area contributed by atoms with Crippen molar-refractivity contribution in [2.45, 2.75) is 6.18 Å². The third-order valence-electron chi connectivity index (χ3n) is 2.37. The van der Waals surface area contributed by atoms with Crippen molar-refractivity contribution in [3.05, 3.63) is 52.3 Å². The number of anilines is 2. The average molecular weight is 298 g/mol. The van der Waals surface area contributed by atoms with Gasteiger partial charge in [0.2, 0.25) is 0 Å². The molecule has 0 saturated heterocycles. The van der Waals surface area contributed by atoms with Gasteiger partial charge in [-0.15, -0.1) is 0 Å². The quantitative estimate of drug-likeness (QED) is 0.795. The Kier molecular flexibility index (Phi) is 3.92. The summed E-state index contributed by atoms with van der Waals surface area (Å²) in [6.45, 7) is 0. The van der Waals surface area contributed by atoms with Crippen molar-refractivity contribution in [2.24, 2.45) is 0 Å². The van der Waals surface area contributed by atoms with Crippen LogP contribution in [0, 0.1) is 0 Å². The van der Waals surface area contributed by atoms with Gasteiger partial charge in [0.25, 0.3) is 5.56 Å². The molecule has 2 aromatic rings. The second kappa shape index (κ2) is 5.65. The predicted molar refractivity (Wildman–Crippen MR) is 68.9 cm³/mol. The minimum Gasteiger partial charge on any atom is -0.308 e. The van der Waals surface area contributed by atoms with Crippen LogP contribution >= 0.6 is 0 Å². The lowest BCUT2D eigenvalue weighted by Crippen LogP contribution is -2.21. The third kappa shape index (κ3) is 4.06. The fourth-order valence-corrected chi connectivity index (χ4v) is 1.47. The maximum Gasteiger partial charge on any atom is 0.416 e. The van der Waals surface area contributed by atoms with E-state index in [0.29, 0.717) is 0 Å². The zero-order valence-electron chi connectivity index (χ0n) is 10.4. The van der Waals surface area contributed by atoms with E-state index in [4.69, 9.17) is 0 Å². The maximum atomic E-state index is 12.5. The molecule has 0 aliphatic heterocycles. The number of carbonyl (C=O) groups excluding carboxylic acids is 1. The van der Waals surface area contributed by atoms with Crippen molar-refractivity contribution in [1.29, 1.82) is 0 Å². The van der Waals surface area contributed by atoms with E-state index in [-0.39, 0.29) is 11.5 Å². The monoisotopic (exact) mass is 298 g/mol. The number of nitrogens with zero attached hydrogens (tertiary/aromatic N) is 1. The van der Waals surface area contributed by atoms with E-state index in [1.807, 2.05) is 0 Å². The summed E-state index contributed by atoms with van der Waals surface area (Å²) < 4.78 is 37.6. The molecule has 1 aromatic carbocycles. The molecule has 0 unspecified atom stereocenters. The van der Waals surface area contributed by atoms with Gasteiger partial charge in [0, 0.05) is 11.8 Å². The fraction of sp³-hybridized carbons (Fsp3) is 0.0833. The highest BCUT2D eigenvalue weighted by molar-refractivity contribution is 5.99. The van der Waals surface area contributed by atoms with Crippen molar-refractivity contribution in [3.63, 3.8) is 0 Å². The lowest BCUT2D eigenvalue weighted by atomic mass is 10.2. The van der Waals surface area contributed by atoms with Gasteiger partial charge in [-0.25, -0.2) is 9.89 Å². The van der Waals surface area contributed by atoms with Crippen LogP contribution in [0.25, 0.3) is 0 Å². The van der Waals surface area contributed by atoms with Gasteiger partial charge in [-0.2, -0.15) is 18.3 Å². The number of alkyl halides is 3. The molecule has 3 N–H and O–H groups in total. The second-order valence-electron chi connectivity index (χ2n) is 3.96. The molecule has 6 nitrogen and oxygen atoms in total. The summed E-state index contributed by atoms with van der Waals surface area (Å²) in [6.07, 6.45) is -4.49. The lowest BCUT2D eigenvalue weighted by Gasteiger charge is -2.10. The molecule has 0 bridgehead atoms. The Morgan fingerprint density at radius 3 is 2.52 bits per heavy atom. The van der Waals surface area contributed by atoms with Crippen LogP contribution in [-0.4, -0.2) is 16.2 Å². The Morgan fingerprint density at radius 2 is 1.90 bits per heavy atom. The van der Waals surface area contributed by atoms with Crippen molar-refractivity contribution >= 4 is 17.5 Å². The molecule has 2 amide bonds. The number of hydrogen-bond acceptors (Lipinski definition) is 3. The molecule has 0 fully saturated rings. The van der Waals surface area contributed by atoms with E-state index in [9.17, 15) is 22.8 Å². The van der Waals surface area contributed by atoms with Gasteiger partial charge in [0.1, 0.15) is 0 Å². The van der Waals surface area contributed by atoms with Crippen LogP contribution in [0.2, 0.25) is 0 Å². The maximum absolute atomic E-state index is 12.5. The smallest absolute Gasteiger partial charge is 0.308 e. The highest BCUT2D eigenvalue weighted by Gasteiger charge is 2.30. The molecule has 21 heavy (non-hydrogen) atoms. The summed E-state index contributed by atoms with van der Waals surface area (Å²) >= 11 is 0. The van der Waals surface area contributed by atoms with E-state index >= 15 is 0 Å². The Balaban J connectivity index is 2.06. The normalized spacial score (nSPS) is 11.0. The molecule has 0 radical (unpaired) electrons. The molecule has 9 heteroatoms. The highest BCUT2D eigenvalue weighted by Crippen LogP contribution is 2.30. The largest absolute Gasteiger partial charge is 0.416 e. The summed E-state index contributed by atoms with van der Waals surface area (Å²) in [5.74, 6) is 0.0547. The molecule has 2 rings (SSSR count). The predicted octanol–water partition coefficient (Wildman–Crippen LogP) is 2.43. The van der Waals surface area contributed by atoms with Crippen LogP contribution in [0.5, 0.6) is 0 Å². The van der Waals surface area contributed by atoms with Gasteiger partial charge in [-0.05, 0) is 24.3 Å². The number of aromatic amines is 1. The highest BCUT2D eigenvalue weighted by atomic mass is 19.4. The Labute approximate surface area is 116 Å². The van der Waals surface area contributed by atoms with E-state index in [0.717, 1.165) is 18.2 Å². The zero-order valence-corrected chi connectivity index (χ0v) is 10.4. The molecule has 1 aromatic heterocycles. The van der Waals surface area contributed by atoms with Crippen LogP contribution in [0.1, 0.15) is 5.56 Å². The summed E-state index contributed by atoms with van der Waals surface area (Å²) in [6, 6.07) is 5.81. The van der Waals surface area contributed by atoms with Crippen molar-refractivity contribution < 1.29 is 18.0 Å². The first-order valence-electron chi connectivity index (χ1n) is 5.65. The van der Waals surface area contributed by atoms with Gasteiger partial charge >= 0.3 is 12.2 Å². The number of aromatic nitrogens is 2. The molecule has 110 valence electrons. The topological polar surface area (TPSA) is 86.9 Å². The standard InChI is InChI=1S/C12H9F3N4O2/c13-12(14,15)7-2-1-3-8(6-7)16-11(21)17-9-4-5-10(20)19-18-9/h1-6H,(H,19,20)(H2,16,17,18,21). The molecular weight excluding hydrogens is 289 g/mol. The molecule has 0 atom stereocenters. The van der Waals surface area contributed by atoms with Gasteiger partial charge in [0.05, 0.1) is 5.56 Å². The van der Waals surface area contributed by atoms with Gasteiger partial charge in [-0.1, -0.05) is 6.07 Å². The van der Waals surface area contributed by atoms with Gasteiger partial charge < -0.3 is 5.32 Å². The zero-order chi connectivity index (χ0) is 15.5. The first-order valence-corrected chi connectivity index (χ1v) is 5.65.